The number of hydrogen-bond donors (Lipinski definition) is 4. The minimum atomic E-state index is -0.641. The van der Waals surface area contributed by atoms with Crippen molar-refractivity contribution in [2.75, 3.05) is 36.8 Å². The molecule has 10 nitrogen and oxygen atoms in total. The largest absolute Gasteiger partial charge is 0.390 e. The molecule has 10 heteroatoms. The SMILES string of the molecule is CC(=O)N1CCC(Nc2ncnc3c(NCC(O)CN)nn(C)c23)CC1. The number of hydrogen-bond acceptors (Lipinski definition) is 8. The molecular weight excluding hydrogens is 336 g/mol. The van der Waals surface area contributed by atoms with Crippen molar-refractivity contribution in [2.24, 2.45) is 12.8 Å². The second-order valence-electron chi connectivity index (χ2n) is 6.59. The lowest BCUT2D eigenvalue weighted by molar-refractivity contribution is -0.129. The van der Waals surface area contributed by atoms with Crippen LogP contribution in [0.4, 0.5) is 11.6 Å². The van der Waals surface area contributed by atoms with Crippen LogP contribution in [0.25, 0.3) is 11.0 Å². The zero-order valence-electron chi connectivity index (χ0n) is 15.1. The molecule has 0 bridgehead atoms. The number of aliphatic hydroxyl groups excluding tert-OH is 1. The van der Waals surface area contributed by atoms with Gasteiger partial charge in [-0.3, -0.25) is 9.48 Å². The quantitative estimate of drug-likeness (QED) is 0.541. The monoisotopic (exact) mass is 362 g/mol. The normalized spacial score (nSPS) is 16.7. The fraction of sp³-hybridized carbons (Fsp3) is 0.625. The van der Waals surface area contributed by atoms with E-state index in [1.807, 2.05) is 11.9 Å². The van der Waals surface area contributed by atoms with Gasteiger partial charge in [-0.15, -0.1) is 0 Å². The van der Waals surface area contributed by atoms with Gasteiger partial charge >= 0.3 is 0 Å². The summed E-state index contributed by atoms with van der Waals surface area (Å²) >= 11 is 0. The Morgan fingerprint density at radius 2 is 2.12 bits per heavy atom. The number of aromatic nitrogens is 4. The molecule has 3 heterocycles. The fourth-order valence-corrected chi connectivity index (χ4v) is 3.16. The molecule has 0 spiro atoms. The van der Waals surface area contributed by atoms with E-state index in [0.29, 0.717) is 17.9 Å². The maximum absolute atomic E-state index is 11.5. The molecule has 3 rings (SSSR count). The molecule has 2 aromatic heterocycles. The summed E-state index contributed by atoms with van der Waals surface area (Å²) in [6, 6.07) is 0.245. The van der Waals surface area contributed by atoms with Crippen molar-refractivity contribution in [1.82, 2.24) is 24.6 Å². The summed E-state index contributed by atoms with van der Waals surface area (Å²) in [6.07, 6.45) is 2.60. The number of nitrogens with two attached hydrogens (primary N) is 1. The Bertz CT molecular complexity index is 769. The molecule has 0 aliphatic carbocycles. The maximum Gasteiger partial charge on any atom is 0.219 e. The molecule has 5 N–H and O–H groups in total. The number of fused-ring (bicyclic) bond motifs is 1. The van der Waals surface area contributed by atoms with E-state index in [0.717, 1.165) is 37.3 Å². The Hall–Kier alpha value is -2.46. The Labute approximate surface area is 151 Å². The first kappa shape index (κ1) is 18.3. The lowest BCUT2D eigenvalue weighted by atomic mass is 10.1. The van der Waals surface area contributed by atoms with Crippen molar-refractivity contribution in [2.45, 2.75) is 31.9 Å². The first-order valence-corrected chi connectivity index (χ1v) is 8.81. The Morgan fingerprint density at radius 3 is 2.77 bits per heavy atom. The number of nitrogens with zero attached hydrogens (tertiary/aromatic N) is 5. The van der Waals surface area contributed by atoms with Gasteiger partial charge in [-0.05, 0) is 12.8 Å². The van der Waals surface area contributed by atoms with Gasteiger partial charge in [-0.2, -0.15) is 5.10 Å². The van der Waals surface area contributed by atoms with E-state index in [9.17, 15) is 9.90 Å². The lowest BCUT2D eigenvalue weighted by Gasteiger charge is -2.32. The van der Waals surface area contributed by atoms with Crippen LogP contribution in [0.1, 0.15) is 19.8 Å². The average Bonchev–Trinajstić information content (AvgIpc) is 2.97. The minimum absolute atomic E-state index is 0.120. The van der Waals surface area contributed by atoms with Crippen molar-refractivity contribution in [3.05, 3.63) is 6.33 Å². The van der Waals surface area contributed by atoms with Crippen molar-refractivity contribution in [3.8, 4) is 0 Å². The van der Waals surface area contributed by atoms with Crippen molar-refractivity contribution < 1.29 is 9.90 Å². The predicted octanol–water partition coefficient (Wildman–Crippen LogP) is -0.482. The zero-order valence-corrected chi connectivity index (χ0v) is 15.1. The second kappa shape index (κ2) is 7.83. The van der Waals surface area contributed by atoms with Crippen LogP contribution in [0.2, 0.25) is 0 Å². The molecule has 0 saturated carbocycles. The predicted molar refractivity (Wildman–Crippen MR) is 98.8 cm³/mol. The first-order valence-electron chi connectivity index (χ1n) is 8.81. The van der Waals surface area contributed by atoms with Crippen LogP contribution in [0.15, 0.2) is 6.33 Å². The minimum Gasteiger partial charge on any atom is -0.390 e. The zero-order chi connectivity index (χ0) is 18.7. The van der Waals surface area contributed by atoms with Gasteiger partial charge in [-0.25, -0.2) is 9.97 Å². The molecule has 1 aliphatic heterocycles. The number of rotatable bonds is 6. The van der Waals surface area contributed by atoms with E-state index in [-0.39, 0.29) is 18.5 Å². The summed E-state index contributed by atoms with van der Waals surface area (Å²) in [6.45, 7) is 3.58. The highest BCUT2D eigenvalue weighted by Crippen LogP contribution is 2.26. The molecule has 142 valence electrons. The van der Waals surface area contributed by atoms with Gasteiger partial charge in [0.1, 0.15) is 17.4 Å². The molecule has 0 radical (unpaired) electrons. The maximum atomic E-state index is 11.5. The van der Waals surface area contributed by atoms with E-state index in [4.69, 9.17) is 5.73 Å². The van der Waals surface area contributed by atoms with Crippen molar-refractivity contribution in [1.29, 1.82) is 0 Å². The number of aryl methyl sites for hydroxylation is 1. The summed E-state index contributed by atoms with van der Waals surface area (Å²) in [4.78, 5) is 22.0. The van der Waals surface area contributed by atoms with Crippen LogP contribution in [-0.2, 0) is 11.8 Å². The van der Waals surface area contributed by atoms with Gasteiger partial charge in [0.2, 0.25) is 5.91 Å². The van der Waals surface area contributed by atoms with Crippen LogP contribution in [0.3, 0.4) is 0 Å². The van der Waals surface area contributed by atoms with Gasteiger partial charge in [0.25, 0.3) is 0 Å². The van der Waals surface area contributed by atoms with E-state index >= 15 is 0 Å². The van der Waals surface area contributed by atoms with E-state index in [2.05, 4.69) is 25.7 Å². The molecule has 1 unspecified atom stereocenters. The summed E-state index contributed by atoms with van der Waals surface area (Å²) in [5.41, 5.74) is 6.92. The topological polar surface area (TPSA) is 134 Å². The fourth-order valence-electron chi connectivity index (χ4n) is 3.16. The molecular formula is C16H26N8O2. The summed E-state index contributed by atoms with van der Waals surface area (Å²) in [7, 11) is 1.83. The van der Waals surface area contributed by atoms with Crippen LogP contribution >= 0.6 is 0 Å². The summed E-state index contributed by atoms with van der Waals surface area (Å²) < 4.78 is 1.72. The number of amides is 1. The molecule has 0 aromatic carbocycles. The smallest absolute Gasteiger partial charge is 0.219 e. The number of anilines is 2. The summed E-state index contributed by atoms with van der Waals surface area (Å²) in [5.74, 6) is 1.43. The van der Waals surface area contributed by atoms with E-state index < -0.39 is 6.10 Å². The Morgan fingerprint density at radius 1 is 1.38 bits per heavy atom. The van der Waals surface area contributed by atoms with Gasteiger partial charge in [-0.1, -0.05) is 0 Å². The van der Waals surface area contributed by atoms with Gasteiger partial charge in [0, 0.05) is 46.2 Å². The standard InChI is InChI=1S/C16H26N8O2/c1-10(25)24-5-3-11(4-6-24)21-16-14-13(19-9-20-16)15(22-23(14)2)18-8-12(26)7-17/h9,11-12,26H,3-8,17H2,1-2H3,(H,18,22)(H,19,20,21). The van der Waals surface area contributed by atoms with E-state index in [1.54, 1.807) is 11.6 Å². The first-order chi connectivity index (χ1) is 12.5. The van der Waals surface area contributed by atoms with Crippen LogP contribution < -0.4 is 16.4 Å². The number of carbonyl (C=O) groups excluding carboxylic acids is 1. The molecule has 2 aromatic rings. The Balaban J connectivity index is 1.75. The molecule has 1 amide bonds. The van der Waals surface area contributed by atoms with Gasteiger partial charge in [0.05, 0.1) is 6.10 Å². The number of likely N-dealkylation sites (tertiary alicyclic amines) is 1. The molecule has 1 fully saturated rings. The molecule has 1 aliphatic rings. The third-order valence-electron chi connectivity index (χ3n) is 4.68. The molecule has 26 heavy (non-hydrogen) atoms. The summed E-state index contributed by atoms with van der Waals surface area (Å²) in [5, 5.41) is 20.6. The number of nitrogens with one attached hydrogen (secondary N) is 2. The highest BCUT2D eigenvalue weighted by molar-refractivity contribution is 5.93. The van der Waals surface area contributed by atoms with Crippen molar-refractivity contribution >= 4 is 28.6 Å². The number of aliphatic hydroxyl groups is 1. The highest BCUT2D eigenvalue weighted by atomic mass is 16.3. The van der Waals surface area contributed by atoms with Crippen molar-refractivity contribution in [3.63, 3.8) is 0 Å². The van der Waals surface area contributed by atoms with E-state index in [1.165, 1.54) is 6.33 Å². The van der Waals surface area contributed by atoms with Crippen LogP contribution in [-0.4, -0.2) is 74.0 Å². The third kappa shape index (κ3) is 3.86. The molecule has 1 atom stereocenters. The van der Waals surface area contributed by atoms with Gasteiger partial charge < -0.3 is 26.4 Å². The van der Waals surface area contributed by atoms with Crippen LogP contribution in [0, 0.1) is 0 Å². The van der Waals surface area contributed by atoms with Crippen LogP contribution in [0.5, 0.6) is 0 Å². The third-order valence-corrected chi connectivity index (χ3v) is 4.68. The highest BCUT2D eigenvalue weighted by Gasteiger charge is 2.23. The number of piperidine rings is 1. The van der Waals surface area contributed by atoms with Gasteiger partial charge in [0.15, 0.2) is 11.6 Å². The number of carbonyl (C=O) groups is 1. The Kier molecular flexibility index (Phi) is 5.52. The lowest BCUT2D eigenvalue weighted by Crippen LogP contribution is -2.41. The average molecular weight is 362 g/mol. The second-order valence-corrected chi connectivity index (χ2v) is 6.59. The molecule has 1 saturated heterocycles.